The third kappa shape index (κ3) is 4.62. The Morgan fingerprint density at radius 1 is 1.39 bits per heavy atom. The Hall–Kier alpha value is -1.77. The van der Waals surface area contributed by atoms with E-state index in [-0.39, 0.29) is 0 Å². The summed E-state index contributed by atoms with van der Waals surface area (Å²) in [4.78, 5) is 10.8. The van der Waals surface area contributed by atoms with Crippen LogP contribution in [0.5, 0.6) is 5.75 Å². The molecule has 1 aromatic carbocycles. The SMILES string of the molecule is C=CCCCCCOc1ccc(C(=O)O)cc1C. The molecule has 1 aromatic rings. The molecular formula is C15H20O3. The summed E-state index contributed by atoms with van der Waals surface area (Å²) in [6.07, 6.45) is 6.25. The Morgan fingerprint density at radius 3 is 2.78 bits per heavy atom. The maximum absolute atomic E-state index is 10.8. The summed E-state index contributed by atoms with van der Waals surface area (Å²) in [7, 11) is 0. The molecule has 0 aromatic heterocycles. The zero-order valence-electron chi connectivity index (χ0n) is 10.8. The Morgan fingerprint density at radius 2 is 2.17 bits per heavy atom. The molecule has 3 heteroatoms. The maximum Gasteiger partial charge on any atom is 0.335 e. The number of carbonyl (C=O) groups is 1. The zero-order chi connectivity index (χ0) is 13.4. The van der Waals surface area contributed by atoms with Crippen LogP contribution in [0.15, 0.2) is 30.9 Å². The standard InChI is InChI=1S/C15H20O3/c1-3-4-5-6-7-10-18-14-9-8-13(15(16)17)11-12(14)2/h3,8-9,11H,1,4-7,10H2,2H3,(H,16,17). The van der Waals surface area contributed by atoms with E-state index >= 15 is 0 Å². The summed E-state index contributed by atoms with van der Waals surface area (Å²) < 4.78 is 5.63. The van der Waals surface area contributed by atoms with Gasteiger partial charge in [-0.3, -0.25) is 0 Å². The summed E-state index contributed by atoms with van der Waals surface area (Å²) in [6.45, 7) is 6.21. The van der Waals surface area contributed by atoms with Gasteiger partial charge in [-0.2, -0.15) is 0 Å². The van der Waals surface area contributed by atoms with Gasteiger partial charge in [0.05, 0.1) is 12.2 Å². The van der Waals surface area contributed by atoms with Crippen molar-refractivity contribution in [2.45, 2.75) is 32.6 Å². The van der Waals surface area contributed by atoms with Crippen molar-refractivity contribution in [1.82, 2.24) is 0 Å². The largest absolute Gasteiger partial charge is 0.493 e. The molecule has 3 nitrogen and oxygen atoms in total. The Kier molecular flexibility index (Phi) is 5.98. The number of carboxylic acids is 1. The summed E-state index contributed by atoms with van der Waals surface area (Å²) in [5.41, 5.74) is 1.16. The molecule has 0 spiro atoms. The predicted molar refractivity (Wildman–Crippen MR) is 72.3 cm³/mol. The number of benzene rings is 1. The maximum atomic E-state index is 10.8. The summed E-state index contributed by atoms with van der Waals surface area (Å²) in [6, 6.07) is 4.93. The van der Waals surface area contributed by atoms with Crippen molar-refractivity contribution >= 4 is 5.97 Å². The van der Waals surface area contributed by atoms with Crippen molar-refractivity contribution in [3.63, 3.8) is 0 Å². The van der Waals surface area contributed by atoms with Crippen LogP contribution in [-0.2, 0) is 0 Å². The number of aryl methyl sites for hydroxylation is 1. The van der Waals surface area contributed by atoms with Gasteiger partial charge in [0, 0.05) is 0 Å². The number of hydrogen-bond acceptors (Lipinski definition) is 2. The van der Waals surface area contributed by atoms with E-state index in [1.54, 1.807) is 18.2 Å². The van der Waals surface area contributed by atoms with Crippen molar-refractivity contribution in [2.75, 3.05) is 6.61 Å². The molecule has 0 atom stereocenters. The number of aromatic carboxylic acids is 1. The van der Waals surface area contributed by atoms with Gasteiger partial charge in [-0.15, -0.1) is 6.58 Å². The average Bonchev–Trinajstić information content (AvgIpc) is 2.35. The van der Waals surface area contributed by atoms with Gasteiger partial charge in [-0.25, -0.2) is 4.79 Å². The first-order valence-electron chi connectivity index (χ1n) is 6.23. The zero-order valence-corrected chi connectivity index (χ0v) is 10.8. The van der Waals surface area contributed by atoms with E-state index in [1.165, 1.54) is 0 Å². The van der Waals surface area contributed by atoms with Crippen molar-refractivity contribution < 1.29 is 14.6 Å². The Labute approximate surface area is 108 Å². The van der Waals surface area contributed by atoms with Crippen LogP contribution < -0.4 is 4.74 Å². The molecule has 1 rings (SSSR count). The minimum atomic E-state index is -0.908. The van der Waals surface area contributed by atoms with Gasteiger partial charge in [0.2, 0.25) is 0 Å². The second-order valence-electron chi connectivity index (χ2n) is 4.27. The molecule has 1 N–H and O–H groups in total. The van der Waals surface area contributed by atoms with E-state index in [2.05, 4.69) is 6.58 Å². The molecule has 0 radical (unpaired) electrons. The lowest BCUT2D eigenvalue weighted by molar-refractivity contribution is 0.0696. The highest BCUT2D eigenvalue weighted by atomic mass is 16.5. The van der Waals surface area contributed by atoms with Crippen LogP contribution in [0, 0.1) is 6.92 Å². The van der Waals surface area contributed by atoms with E-state index in [4.69, 9.17) is 9.84 Å². The molecular weight excluding hydrogens is 228 g/mol. The first-order chi connectivity index (χ1) is 8.65. The fourth-order valence-electron chi connectivity index (χ4n) is 1.69. The van der Waals surface area contributed by atoms with Crippen molar-refractivity contribution in [1.29, 1.82) is 0 Å². The van der Waals surface area contributed by atoms with E-state index in [0.29, 0.717) is 12.2 Å². The van der Waals surface area contributed by atoms with Crippen LogP contribution in [0.2, 0.25) is 0 Å². The molecule has 0 aliphatic heterocycles. The molecule has 0 aliphatic rings. The number of ether oxygens (including phenoxy) is 1. The summed E-state index contributed by atoms with van der Waals surface area (Å²) in [5.74, 6) is -0.141. The molecule has 0 heterocycles. The first-order valence-corrected chi connectivity index (χ1v) is 6.23. The monoisotopic (exact) mass is 248 g/mol. The van der Waals surface area contributed by atoms with Crippen LogP contribution >= 0.6 is 0 Å². The van der Waals surface area contributed by atoms with Crippen molar-refractivity contribution in [3.05, 3.63) is 42.0 Å². The number of rotatable bonds is 8. The molecule has 0 aliphatic carbocycles. The lowest BCUT2D eigenvalue weighted by atomic mass is 10.1. The second kappa shape index (κ2) is 7.54. The summed E-state index contributed by atoms with van der Waals surface area (Å²) >= 11 is 0. The number of hydrogen-bond donors (Lipinski definition) is 1. The lowest BCUT2D eigenvalue weighted by Gasteiger charge is -2.09. The molecule has 98 valence electrons. The third-order valence-corrected chi connectivity index (χ3v) is 2.73. The predicted octanol–water partition coefficient (Wildman–Crippen LogP) is 3.82. The number of carboxylic acid groups (broad SMARTS) is 1. The molecule has 0 bridgehead atoms. The number of allylic oxidation sites excluding steroid dienone is 1. The van der Waals surface area contributed by atoms with Gasteiger partial charge < -0.3 is 9.84 Å². The highest BCUT2D eigenvalue weighted by Crippen LogP contribution is 2.19. The molecule has 18 heavy (non-hydrogen) atoms. The van der Waals surface area contributed by atoms with E-state index in [9.17, 15) is 4.79 Å². The highest BCUT2D eigenvalue weighted by molar-refractivity contribution is 5.88. The number of unbranched alkanes of at least 4 members (excludes halogenated alkanes) is 3. The van der Waals surface area contributed by atoms with Crippen molar-refractivity contribution in [3.8, 4) is 5.75 Å². The molecule has 0 fully saturated rings. The van der Waals surface area contributed by atoms with Crippen LogP contribution in [0.1, 0.15) is 41.6 Å². The van der Waals surface area contributed by atoms with Crippen LogP contribution in [-0.4, -0.2) is 17.7 Å². The van der Waals surface area contributed by atoms with E-state index in [0.717, 1.165) is 37.0 Å². The quantitative estimate of drug-likeness (QED) is 0.562. The van der Waals surface area contributed by atoms with Gasteiger partial charge in [0.15, 0.2) is 0 Å². The fourth-order valence-corrected chi connectivity index (χ4v) is 1.69. The van der Waals surface area contributed by atoms with Gasteiger partial charge in [0.1, 0.15) is 5.75 Å². The Bertz CT molecular complexity index is 410. The van der Waals surface area contributed by atoms with Gasteiger partial charge >= 0.3 is 5.97 Å². The smallest absolute Gasteiger partial charge is 0.335 e. The highest BCUT2D eigenvalue weighted by Gasteiger charge is 2.06. The molecule has 0 unspecified atom stereocenters. The average molecular weight is 248 g/mol. The Balaban J connectivity index is 2.38. The second-order valence-corrected chi connectivity index (χ2v) is 4.27. The molecule has 0 saturated heterocycles. The van der Waals surface area contributed by atoms with Crippen LogP contribution in [0.4, 0.5) is 0 Å². The molecule has 0 saturated carbocycles. The lowest BCUT2D eigenvalue weighted by Crippen LogP contribution is -2.01. The van der Waals surface area contributed by atoms with Crippen LogP contribution in [0.3, 0.4) is 0 Å². The minimum absolute atomic E-state index is 0.297. The third-order valence-electron chi connectivity index (χ3n) is 2.73. The van der Waals surface area contributed by atoms with E-state index in [1.807, 2.05) is 13.0 Å². The van der Waals surface area contributed by atoms with Crippen LogP contribution in [0.25, 0.3) is 0 Å². The van der Waals surface area contributed by atoms with Gasteiger partial charge in [0.25, 0.3) is 0 Å². The summed E-state index contributed by atoms with van der Waals surface area (Å²) in [5, 5.41) is 8.85. The normalized spacial score (nSPS) is 10.1. The minimum Gasteiger partial charge on any atom is -0.493 e. The fraction of sp³-hybridized carbons (Fsp3) is 0.400. The van der Waals surface area contributed by atoms with Gasteiger partial charge in [-0.1, -0.05) is 6.08 Å². The molecule has 0 amide bonds. The first kappa shape index (κ1) is 14.3. The van der Waals surface area contributed by atoms with Gasteiger partial charge in [-0.05, 0) is 56.4 Å². The van der Waals surface area contributed by atoms with Crippen molar-refractivity contribution in [2.24, 2.45) is 0 Å². The van der Waals surface area contributed by atoms with E-state index < -0.39 is 5.97 Å². The topological polar surface area (TPSA) is 46.5 Å².